The van der Waals surface area contributed by atoms with Crippen LogP contribution in [-0.2, 0) is 4.74 Å². The normalized spacial score (nSPS) is 37.7. The number of carbonyl (C=O) groups excluding carboxylic acids is 1. The summed E-state index contributed by atoms with van der Waals surface area (Å²) < 4.78 is 5.53. The van der Waals surface area contributed by atoms with Gasteiger partial charge >= 0.3 is 6.09 Å². The Morgan fingerprint density at radius 1 is 1.50 bits per heavy atom. The maximum atomic E-state index is 11.6. The van der Waals surface area contributed by atoms with Gasteiger partial charge in [0.15, 0.2) is 0 Å². The van der Waals surface area contributed by atoms with Gasteiger partial charge in [0, 0.05) is 12.6 Å². The molecular weight excluding hydrogens is 180 g/mol. The van der Waals surface area contributed by atoms with Crippen LogP contribution >= 0.6 is 0 Å². The molecule has 1 saturated carbocycles. The van der Waals surface area contributed by atoms with Crippen LogP contribution in [0.15, 0.2) is 0 Å². The third-order valence-corrected chi connectivity index (χ3v) is 3.42. The Morgan fingerprint density at radius 2 is 2.36 bits per heavy atom. The van der Waals surface area contributed by atoms with E-state index in [1.807, 2.05) is 4.90 Å². The van der Waals surface area contributed by atoms with Crippen molar-refractivity contribution in [3.05, 3.63) is 0 Å². The Balaban J connectivity index is 1.73. The van der Waals surface area contributed by atoms with Crippen molar-refractivity contribution in [2.24, 2.45) is 0 Å². The van der Waals surface area contributed by atoms with Crippen molar-refractivity contribution in [3.8, 4) is 0 Å². The summed E-state index contributed by atoms with van der Waals surface area (Å²) >= 11 is 0. The van der Waals surface area contributed by atoms with E-state index in [9.17, 15) is 4.79 Å². The molecule has 0 aromatic heterocycles. The Kier molecular flexibility index (Phi) is 1.74. The Hall–Kier alpha value is -0.770. The number of amides is 1. The highest BCUT2D eigenvalue weighted by Gasteiger charge is 2.49. The van der Waals surface area contributed by atoms with Gasteiger partial charge < -0.3 is 15.0 Å². The molecule has 3 aliphatic rings. The Bertz CT molecular complexity index is 257. The summed E-state index contributed by atoms with van der Waals surface area (Å²) in [6.45, 7) is 2.70. The lowest BCUT2D eigenvalue weighted by Gasteiger charge is -2.31. The van der Waals surface area contributed by atoms with Crippen molar-refractivity contribution >= 4 is 6.09 Å². The van der Waals surface area contributed by atoms with E-state index in [1.165, 1.54) is 12.8 Å². The molecule has 0 unspecified atom stereocenters. The largest absolute Gasteiger partial charge is 0.440 e. The second-order valence-corrected chi connectivity index (χ2v) is 4.69. The summed E-state index contributed by atoms with van der Waals surface area (Å²) in [5.74, 6) is 0. The number of rotatable bonds is 1. The van der Waals surface area contributed by atoms with E-state index in [0.717, 1.165) is 32.5 Å². The van der Waals surface area contributed by atoms with E-state index in [1.54, 1.807) is 0 Å². The molecule has 1 N–H and O–H groups in total. The molecule has 0 aromatic carbocycles. The van der Waals surface area contributed by atoms with Crippen LogP contribution in [0.25, 0.3) is 0 Å². The number of hydrogen-bond acceptors (Lipinski definition) is 3. The number of ether oxygens (including phenoxy) is 1. The van der Waals surface area contributed by atoms with Crippen molar-refractivity contribution < 1.29 is 9.53 Å². The van der Waals surface area contributed by atoms with Gasteiger partial charge in [-0.3, -0.25) is 0 Å². The van der Waals surface area contributed by atoms with E-state index < -0.39 is 0 Å². The van der Waals surface area contributed by atoms with Gasteiger partial charge in [0.05, 0.1) is 6.54 Å². The predicted octanol–water partition coefficient (Wildman–Crippen LogP) is 0.723. The number of piperidine rings is 1. The monoisotopic (exact) mass is 196 g/mol. The van der Waals surface area contributed by atoms with Crippen LogP contribution in [0, 0.1) is 0 Å². The standard InChI is InChI=1S/C10H16N2O2/c13-9-12(8-2-3-8)7-10(14-9)4-1-5-11-6-10/h8,11H,1-7H2/t10-/m1/s1. The van der Waals surface area contributed by atoms with Gasteiger partial charge in [0.1, 0.15) is 5.60 Å². The van der Waals surface area contributed by atoms with E-state index in [0.29, 0.717) is 6.04 Å². The molecular formula is C10H16N2O2. The highest BCUT2D eigenvalue weighted by atomic mass is 16.6. The predicted molar refractivity (Wildman–Crippen MR) is 51.0 cm³/mol. The first-order chi connectivity index (χ1) is 6.79. The molecule has 0 aromatic rings. The minimum absolute atomic E-state index is 0.0869. The molecule has 0 radical (unpaired) electrons. The van der Waals surface area contributed by atoms with Crippen molar-refractivity contribution in [1.29, 1.82) is 0 Å². The van der Waals surface area contributed by atoms with Crippen molar-refractivity contribution in [1.82, 2.24) is 10.2 Å². The maximum absolute atomic E-state index is 11.6. The van der Waals surface area contributed by atoms with Crippen LogP contribution in [-0.4, -0.2) is 42.3 Å². The quantitative estimate of drug-likeness (QED) is 0.672. The van der Waals surface area contributed by atoms with Gasteiger partial charge in [-0.1, -0.05) is 0 Å². The van der Waals surface area contributed by atoms with Gasteiger partial charge in [-0.15, -0.1) is 0 Å². The van der Waals surface area contributed by atoms with Crippen molar-refractivity contribution in [2.45, 2.75) is 37.3 Å². The minimum Gasteiger partial charge on any atom is -0.440 e. The first-order valence-electron chi connectivity index (χ1n) is 5.49. The van der Waals surface area contributed by atoms with Gasteiger partial charge in [-0.2, -0.15) is 0 Å². The lowest BCUT2D eigenvalue weighted by Crippen LogP contribution is -2.48. The van der Waals surface area contributed by atoms with Crippen molar-refractivity contribution in [2.75, 3.05) is 19.6 Å². The first kappa shape index (κ1) is 8.53. The van der Waals surface area contributed by atoms with Crippen molar-refractivity contribution in [3.63, 3.8) is 0 Å². The van der Waals surface area contributed by atoms with E-state index in [2.05, 4.69) is 5.32 Å². The summed E-state index contributed by atoms with van der Waals surface area (Å²) in [4.78, 5) is 13.5. The van der Waals surface area contributed by atoms with Gasteiger partial charge in [-0.05, 0) is 32.2 Å². The molecule has 1 spiro atoms. The fourth-order valence-corrected chi connectivity index (χ4v) is 2.48. The zero-order chi connectivity index (χ0) is 9.60. The Morgan fingerprint density at radius 3 is 3.00 bits per heavy atom. The first-order valence-corrected chi connectivity index (χ1v) is 5.49. The maximum Gasteiger partial charge on any atom is 0.410 e. The van der Waals surface area contributed by atoms with E-state index in [4.69, 9.17) is 4.74 Å². The summed E-state index contributed by atoms with van der Waals surface area (Å²) in [6, 6.07) is 0.490. The topological polar surface area (TPSA) is 41.6 Å². The molecule has 2 heterocycles. The summed E-state index contributed by atoms with van der Waals surface area (Å²) in [5.41, 5.74) is -0.197. The molecule has 2 aliphatic heterocycles. The lowest BCUT2D eigenvalue weighted by molar-refractivity contribution is 0.0366. The average molecular weight is 196 g/mol. The molecule has 3 fully saturated rings. The molecule has 2 saturated heterocycles. The van der Waals surface area contributed by atoms with E-state index in [-0.39, 0.29) is 11.7 Å². The second kappa shape index (κ2) is 2.86. The van der Waals surface area contributed by atoms with Gasteiger partial charge in [0.2, 0.25) is 0 Å². The lowest BCUT2D eigenvalue weighted by atomic mass is 9.94. The number of hydrogen-bond donors (Lipinski definition) is 1. The van der Waals surface area contributed by atoms with Crippen LogP contribution in [0.3, 0.4) is 0 Å². The van der Waals surface area contributed by atoms with Crippen LogP contribution in [0.5, 0.6) is 0 Å². The molecule has 14 heavy (non-hydrogen) atoms. The highest BCUT2D eigenvalue weighted by Crippen LogP contribution is 2.36. The van der Waals surface area contributed by atoms with Gasteiger partial charge in [0.25, 0.3) is 0 Å². The molecule has 4 heteroatoms. The SMILES string of the molecule is O=C1O[C@@]2(CCCNC2)CN1C1CC1. The summed E-state index contributed by atoms with van der Waals surface area (Å²) in [7, 11) is 0. The minimum atomic E-state index is -0.197. The van der Waals surface area contributed by atoms with Crippen LogP contribution < -0.4 is 5.32 Å². The molecule has 78 valence electrons. The molecule has 1 atom stereocenters. The second-order valence-electron chi connectivity index (χ2n) is 4.69. The molecule has 1 amide bonds. The van der Waals surface area contributed by atoms with E-state index >= 15 is 0 Å². The zero-order valence-electron chi connectivity index (χ0n) is 8.29. The average Bonchev–Trinajstić information content (AvgIpc) is 2.95. The molecule has 4 nitrogen and oxygen atoms in total. The van der Waals surface area contributed by atoms with Crippen LogP contribution in [0.4, 0.5) is 4.79 Å². The smallest absolute Gasteiger partial charge is 0.410 e. The summed E-state index contributed by atoms with van der Waals surface area (Å²) in [5, 5.41) is 3.31. The number of nitrogens with one attached hydrogen (secondary N) is 1. The highest BCUT2D eigenvalue weighted by molar-refractivity contribution is 5.71. The molecule has 0 bridgehead atoms. The number of carbonyl (C=O) groups is 1. The number of nitrogens with zero attached hydrogens (tertiary/aromatic N) is 1. The Labute approximate surface area is 83.6 Å². The van der Waals surface area contributed by atoms with Crippen LogP contribution in [0.2, 0.25) is 0 Å². The third-order valence-electron chi connectivity index (χ3n) is 3.42. The fourth-order valence-electron chi connectivity index (χ4n) is 2.48. The molecule has 3 rings (SSSR count). The summed E-state index contributed by atoms with van der Waals surface area (Å²) in [6.07, 6.45) is 4.38. The van der Waals surface area contributed by atoms with Gasteiger partial charge in [-0.25, -0.2) is 4.79 Å². The van der Waals surface area contributed by atoms with Crippen LogP contribution in [0.1, 0.15) is 25.7 Å². The zero-order valence-corrected chi connectivity index (χ0v) is 8.29. The molecule has 1 aliphatic carbocycles. The fraction of sp³-hybridized carbons (Fsp3) is 0.900. The third kappa shape index (κ3) is 1.29.